The Kier molecular flexibility index (Phi) is 4.83. The minimum Gasteiger partial charge on any atom is -0.323 e. The molecule has 2 aliphatic rings. The van der Waals surface area contributed by atoms with Crippen LogP contribution in [-0.2, 0) is 10.0 Å². The molecule has 2 fully saturated rings. The summed E-state index contributed by atoms with van der Waals surface area (Å²) in [6.45, 7) is 1.61. The number of rotatable bonds is 3. The van der Waals surface area contributed by atoms with Gasteiger partial charge in [0.05, 0.1) is 23.8 Å². The SMILES string of the molecule is O=C(Nc1cccc(-n2ccnn2)c1)N1CCCC(N2CCCS2(=O)=O)C1. The van der Waals surface area contributed by atoms with Gasteiger partial charge in [0.2, 0.25) is 10.0 Å². The van der Waals surface area contributed by atoms with E-state index in [9.17, 15) is 13.2 Å². The quantitative estimate of drug-likeness (QED) is 0.851. The zero-order chi connectivity index (χ0) is 18.9. The van der Waals surface area contributed by atoms with Crippen LogP contribution >= 0.6 is 0 Å². The number of hydrogen-bond donors (Lipinski definition) is 1. The van der Waals surface area contributed by atoms with E-state index in [1.807, 2.05) is 24.3 Å². The molecular formula is C17H22N6O3S. The maximum absolute atomic E-state index is 12.7. The van der Waals surface area contributed by atoms with Crippen molar-refractivity contribution >= 4 is 21.7 Å². The summed E-state index contributed by atoms with van der Waals surface area (Å²) in [5.74, 6) is 0.213. The van der Waals surface area contributed by atoms with Gasteiger partial charge in [-0.25, -0.2) is 17.9 Å². The molecule has 2 amide bonds. The number of nitrogens with zero attached hydrogens (tertiary/aromatic N) is 5. The molecule has 0 bridgehead atoms. The molecule has 1 atom stereocenters. The van der Waals surface area contributed by atoms with Gasteiger partial charge in [0.15, 0.2) is 0 Å². The van der Waals surface area contributed by atoms with Crippen LogP contribution in [0.4, 0.5) is 10.5 Å². The molecule has 1 aromatic carbocycles. The number of carbonyl (C=O) groups is 1. The summed E-state index contributed by atoms with van der Waals surface area (Å²) in [5.41, 5.74) is 1.45. The zero-order valence-electron chi connectivity index (χ0n) is 14.9. The van der Waals surface area contributed by atoms with Gasteiger partial charge in [-0.2, -0.15) is 4.31 Å². The van der Waals surface area contributed by atoms with Crippen LogP contribution in [0, 0.1) is 0 Å². The van der Waals surface area contributed by atoms with Gasteiger partial charge in [0.1, 0.15) is 0 Å². The second kappa shape index (κ2) is 7.28. The predicted molar refractivity (Wildman–Crippen MR) is 100 cm³/mol. The number of carbonyl (C=O) groups excluding carboxylic acids is 1. The molecule has 144 valence electrons. The van der Waals surface area contributed by atoms with E-state index in [0.717, 1.165) is 18.5 Å². The largest absolute Gasteiger partial charge is 0.323 e. The van der Waals surface area contributed by atoms with Gasteiger partial charge in [0, 0.05) is 31.4 Å². The highest BCUT2D eigenvalue weighted by molar-refractivity contribution is 7.89. The fraction of sp³-hybridized carbons (Fsp3) is 0.471. The first kappa shape index (κ1) is 17.9. The van der Waals surface area contributed by atoms with Gasteiger partial charge in [-0.05, 0) is 37.5 Å². The Morgan fingerprint density at radius 1 is 1.22 bits per heavy atom. The van der Waals surface area contributed by atoms with Crippen molar-refractivity contribution in [1.82, 2.24) is 24.2 Å². The van der Waals surface area contributed by atoms with Gasteiger partial charge in [-0.15, -0.1) is 5.10 Å². The van der Waals surface area contributed by atoms with Gasteiger partial charge in [-0.1, -0.05) is 11.3 Å². The van der Waals surface area contributed by atoms with Crippen molar-refractivity contribution in [2.45, 2.75) is 25.3 Å². The minimum atomic E-state index is -3.17. The van der Waals surface area contributed by atoms with E-state index in [0.29, 0.717) is 31.7 Å². The van der Waals surface area contributed by atoms with E-state index in [4.69, 9.17) is 0 Å². The zero-order valence-corrected chi connectivity index (χ0v) is 15.7. The Bertz CT molecular complexity index is 915. The van der Waals surface area contributed by atoms with E-state index in [2.05, 4.69) is 15.6 Å². The number of likely N-dealkylation sites (tertiary alicyclic amines) is 1. The number of piperidine rings is 1. The summed E-state index contributed by atoms with van der Waals surface area (Å²) >= 11 is 0. The summed E-state index contributed by atoms with van der Waals surface area (Å²) < 4.78 is 27.5. The molecule has 0 radical (unpaired) electrons. The fourth-order valence-corrected chi connectivity index (χ4v) is 5.48. The minimum absolute atomic E-state index is 0.126. The predicted octanol–water partition coefficient (Wildman–Crippen LogP) is 1.30. The summed E-state index contributed by atoms with van der Waals surface area (Å²) in [6, 6.07) is 7.00. The normalized spacial score (nSPS) is 22.7. The van der Waals surface area contributed by atoms with E-state index < -0.39 is 10.0 Å². The first-order valence-electron chi connectivity index (χ1n) is 9.05. The van der Waals surface area contributed by atoms with Crippen molar-refractivity contribution in [3.05, 3.63) is 36.7 Å². The third-order valence-electron chi connectivity index (χ3n) is 5.01. The van der Waals surface area contributed by atoms with Crippen molar-refractivity contribution < 1.29 is 13.2 Å². The van der Waals surface area contributed by atoms with Crippen molar-refractivity contribution in [2.24, 2.45) is 0 Å². The molecule has 27 heavy (non-hydrogen) atoms. The van der Waals surface area contributed by atoms with Gasteiger partial charge < -0.3 is 10.2 Å². The lowest BCUT2D eigenvalue weighted by Crippen LogP contribution is -2.51. The molecule has 1 N–H and O–H groups in total. The summed E-state index contributed by atoms with van der Waals surface area (Å²) in [6.07, 6.45) is 5.58. The number of anilines is 1. The topological polar surface area (TPSA) is 100 Å². The molecule has 9 nitrogen and oxygen atoms in total. The van der Waals surface area contributed by atoms with Crippen molar-refractivity contribution in [3.8, 4) is 5.69 Å². The number of aromatic nitrogens is 3. The number of hydrogen-bond acceptors (Lipinski definition) is 5. The molecule has 2 aromatic rings. The monoisotopic (exact) mass is 390 g/mol. The van der Waals surface area contributed by atoms with Crippen molar-refractivity contribution in [3.63, 3.8) is 0 Å². The Labute approximate surface area is 158 Å². The Morgan fingerprint density at radius 3 is 2.85 bits per heavy atom. The molecule has 0 spiro atoms. The van der Waals surface area contributed by atoms with Crippen molar-refractivity contribution in [1.29, 1.82) is 0 Å². The highest BCUT2D eigenvalue weighted by atomic mass is 32.2. The van der Waals surface area contributed by atoms with Crippen LogP contribution in [0.5, 0.6) is 0 Å². The third kappa shape index (κ3) is 3.81. The maximum Gasteiger partial charge on any atom is 0.321 e. The Morgan fingerprint density at radius 2 is 2.11 bits per heavy atom. The average Bonchev–Trinajstić information content (AvgIpc) is 3.31. The molecule has 2 aliphatic heterocycles. The molecule has 3 heterocycles. The molecule has 0 aliphatic carbocycles. The number of benzene rings is 1. The van der Waals surface area contributed by atoms with Crippen LogP contribution in [0.25, 0.3) is 5.69 Å². The highest BCUT2D eigenvalue weighted by Crippen LogP contribution is 2.24. The highest BCUT2D eigenvalue weighted by Gasteiger charge is 2.37. The van der Waals surface area contributed by atoms with Crippen molar-refractivity contribution in [2.75, 3.05) is 30.7 Å². The van der Waals surface area contributed by atoms with E-state index in [1.165, 1.54) is 0 Å². The third-order valence-corrected chi connectivity index (χ3v) is 7.01. The molecular weight excluding hydrogens is 368 g/mol. The standard InChI is InChI=1S/C17H22N6O3S/c24-17(19-14-4-1-5-15(12-14)22-10-7-18-20-22)21-8-2-6-16(13-21)23-9-3-11-27(23,25)26/h1,4-5,7,10,12,16H,2-3,6,8-9,11,13H2,(H,19,24). The van der Waals surface area contributed by atoms with E-state index in [-0.39, 0.29) is 17.8 Å². The van der Waals surface area contributed by atoms with E-state index in [1.54, 1.807) is 26.3 Å². The summed E-state index contributed by atoms with van der Waals surface area (Å²) in [5, 5.41) is 10.6. The van der Waals surface area contributed by atoms with Crippen LogP contribution in [0.3, 0.4) is 0 Å². The molecule has 0 saturated carbocycles. The van der Waals surface area contributed by atoms with E-state index >= 15 is 0 Å². The first-order valence-corrected chi connectivity index (χ1v) is 10.7. The van der Waals surface area contributed by atoms with Crippen LogP contribution in [0.15, 0.2) is 36.7 Å². The van der Waals surface area contributed by atoms with Gasteiger partial charge in [0.25, 0.3) is 0 Å². The van der Waals surface area contributed by atoms with Crippen LogP contribution in [0.1, 0.15) is 19.3 Å². The maximum atomic E-state index is 12.7. The summed E-state index contributed by atoms with van der Waals surface area (Å²) in [4.78, 5) is 14.4. The molecule has 10 heteroatoms. The van der Waals surface area contributed by atoms with Crippen LogP contribution < -0.4 is 5.32 Å². The molecule has 2 saturated heterocycles. The van der Waals surface area contributed by atoms with Crippen LogP contribution in [-0.4, -0.2) is 70.1 Å². The fourth-order valence-electron chi connectivity index (χ4n) is 3.72. The smallest absolute Gasteiger partial charge is 0.321 e. The lowest BCUT2D eigenvalue weighted by Gasteiger charge is -2.36. The lowest BCUT2D eigenvalue weighted by atomic mass is 10.1. The van der Waals surface area contributed by atoms with Gasteiger partial charge >= 0.3 is 6.03 Å². The second-order valence-corrected chi connectivity index (χ2v) is 8.89. The number of urea groups is 1. The molecule has 1 unspecified atom stereocenters. The van der Waals surface area contributed by atoms with Crippen LogP contribution in [0.2, 0.25) is 0 Å². The first-order chi connectivity index (χ1) is 13.0. The number of nitrogens with one attached hydrogen (secondary N) is 1. The second-order valence-electron chi connectivity index (χ2n) is 6.85. The number of amides is 2. The lowest BCUT2D eigenvalue weighted by molar-refractivity contribution is 0.163. The Hall–Kier alpha value is -2.46. The number of sulfonamides is 1. The van der Waals surface area contributed by atoms with Gasteiger partial charge in [-0.3, -0.25) is 0 Å². The summed E-state index contributed by atoms with van der Waals surface area (Å²) in [7, 11) is -3.17. The molecule has 1 aromatic heterocycles. The average molecular weight is 390 g/mol. The molecule has 4 rings (SSSR count). The Balaban J connectivity index is 1.43.